The summed E-state index contributed by atoms with van der Waals surface area (Å²) in [6.45, 7) is 2.48. The molecule has 0 aromatic heterocycles. The third-order valence-electron chi connectivity index (χ3n) is 4.89. The summed E-state index contributed by atoms with van der Waals surface area (Å²) in [7, 11) is 1.60. The van der Waals surface area contributed by atoms with Gasteiger partial charge in [0.2, 0.25) is 0 Å². The predicted molar refractivity (Wildman–Crippen MR) is 138 cm³/mol. The Labute approximate surface area is 205 Å². The lowest BCUT2D eigenvalue weighted by Gasteiger charge is -2.14. The van der Waals surface area contributed by atoms with E-state index in [9.17, 15) is 4.79 Å². The zero-order valence-corrected chi connectivity index (χ0v) is 20.7. The molecule has 0 unspecified atom stereocenters. The Bertz CT molecular complexity index is 1190. The van der Waals surface area contributed by atoms with Crippen molar-refractivity contribution in [3.8, 4) is 11.5 Å². The van der Waals surface area contributed by atoms with Crippen LogP contribution in [0.4, 0.5) is 5.69 Å². The normalized spacial score (nSPS) is 14.8. The van der Waals surface area contributed by atoms with Gasteiger partial charge in [-0.1, -0.05) is 87.9 Å². The third-order valence-corrected chi connectivity index (χ3v) is 6.88. The number of ether oxygens (including phenoxy) is 2. The number of amides is 1. The van der Waals surface area contributed by atoms with E-state index in [1.165, 1.54) is 17.3 Å². The highest BCUT2D eigenvalue weighted by atomic mass is 79.9. The summed E-state index contributed by atoms with van der Waals surface area (Å²) in [6, 6.07) is 21.3. The van der Waals surface area contributed by atoms with Gasteiger partial charge in [-0.25, -0.2) is 0 Å². The molecular weight excluding hydrogens is 506 g/mol. The van der Waals surface area contributed by atoms with Crippen molar-refractivity contribution in [2.75, 3.05) is 12.0 Å². The highest BCUT2D eigenvalue weighted by molar-refractivity contribution is 9.10. The Kier molecular flexibility index (Phi) is 6.98. The monoisotopic (exact) mass is 525 g/mol. The van der Waals surface area contributed by atoms with Crippen LogP contribution < -0.4 is 14.4 Å². The standard InChI is InChI=1S/C25H20BrNO3S2/c1-16-8-10-17(11-9-16)15-30-22-14-20(26)18(12-21(22)29-2)13-23-24(28)27(25(31)32-23)19-6-4-3-5-7-19/h3-14H,15H2,1-2H3/b23-13+. The SMILES string of the molecule is COc1cc(/C=C2/SC(=S)N(c3ccccc3)C2=O)c(Br)cc1OCc1ccc(C)cc1. The van der Waals surface area contributed by atoms with Crippen molar-refractivity contribution >= 4 is 61.9 Å². The second-order valence-corrected chi connectivity index (χ2v) is 9.68. The zero-order chi connectivity index (χ0) is 22.7. The first-order chi connectivity index (χ1) is 15.5. The number of hydrogen-bond donors (Lipinski definition) is 0. The van der Waals surface area contributed by atoms with Crippen molar-refractivity contribution in [1.82, 2.24) is 0 Å². The number of para-hydroxylation sites is 1. The number of nitrogens with zero attached hydrogens (tertiary/aromatic N) is 1. The Morgan fingerprint density at radius 1 is 1.06 bits per heavy atom. The zero-order valence-electron chi connectivity index (χ0n) is 17.5. The Balaban J connectivity index is 1.57. The number of anilines is 1. The lowest BCUT2D eigenvalue weighted by Crippen LogP contribution is -2.27. The fourth-order valence-corrected chi connectivity index (χ4v) is 4.91. The number of thiocarbonyl (C=S) groups is 1. The minimum absolute atomic E-state index is 0.142. The van der Waals surface area contributed by atoms with Crippen LogP contribution >= 0.6 is 39.9 Å². The second kappa shape index (κ2) is 9.90. The summed E-state index contributed by atoms with van der Waals surface area (Å²) in [4.78, 5) is 15.1. The van der Waals surface area contributed by atoms with Crippen LogP contribution in [0.2, 0.25) is 0 Å². The van der Waals surface area contributed by atoms with Gasteiger partial charge in [-0.3, -0.25) is 9.69 Å². The van der Waals surface area contributed by atoms with Gasteiger partial charge >= 0.3 is 0 Å². The van der Waals surface area contributed by atoms with Gasteiger partial charge in [0.1, 0.15) is 6.61 Å². The van der Waals surface area contributed by atoms with E-state index in [4.69, 9.17) is 21.7 Å². The number of thioether (sulfide) groups is 1. The van der Waals surface area contributed by atoms with Crippen molar-refractivity contribution in [3.63, 3.8) is 0 Å². The predicted octanol–water partition coefficient (Wildman–Crippen LogP) is 6.75. The molecule has 4 rings (SSSR count). The summed E-state index contributed by atoms with van der Waals surface area (Å²) in [5.41, 5.74) is 3.84. The first-order valence-corrected chi connectivity index (χ1v) is 11.9. The molecule has 32 heavy (non-hydrogen) atoms. The largest absolute Gasteiger partial charge is 0.493 e. The third kappa shape index (κ3) is 4.90. The van der Waals surface area contributed by atoms with Crippen LogP contribution in [0.3, 0.4) is 0 Å². The minimum Gasteiger partial charge on any atom is -0.493 e. The Morgan fingerprint density at radius 3 is 2.47 bits per heavy atom. The highest BCUT2D eigenvalue weighted by Crippen LogP contribution is 2.39. The van der Waals surface area contributed by atoms with Crippen LogP contribution in [0.25, 0.3) is 6.08 Å². The van der Waals surface area contributed by atoms with Gasteiger partial charge in [0, 0.05) is 4.47 Å². The molecule has 0 saturated carbocycles. The van der Waals surface area contributed by atoms with E-state index in [0.29, 0.717) is 27.3 Å². The second-order valence-electron chi connectivity index (χ2n) is 7.15. The molecule has 0 aliphatic carbocycles. The lowest BCUT2D eigenvalue weighted by molar-refractivity contribution is -0.113. The van der Waals surface area contributed by atoms with Crippen LogP contribution in [-0.2, 0) is 11.4 Å². The maximum atomic E-state index is 13.0. The van der Waals surface area contributed by atoms with E-state index in [2.05, 4.69) is 35.0 Å². The fraction of sp³-hybridized carbons (Fsp3) is 0.120. The van der Waals surface area contributed by atoms with E-state index in [0.717, 1.165) is 21.3 Å². The fourth-order valence-electron chi connectivity index (χ4n) is 3.19. The Hall–Kier alpha value is -2.61. The van der Waals surface area contributed by atoms with E-state index in [-0.39, 0.29) is 5.91 Å². The molecule has 0 N–H and O–H groups in total. The molecule has 7 heteroatoms. The molecule has 1 heterocycles. The van der Waals surface area contributed by atoms with E-state index in [1.54, 1.807) is 12.0 Å². The van der Waals surface area contributed by atoms with Crippen molar-refractivity contribution in [1.29, 1.82) is 0 Å². The molecule has 3 aromatic carbocycles. The molecule has 0 bridgehead atoms. The first-order valence-electron chi connectivity index (χ1n) is 9.85. The quantitative estimate of drug-likeness (QED) is 0.263. The van der Waals surface area contributed by atoms with Gasteiger partial charge in [0.25, 0.3) is 5.91 Å². The highest BCUT2D eigenvalue weighted by Gasteiger charge is 2.33. The molecule has 0 atom stereocenters. The molecular formula is C25H20BrNO3S2. The van der Waals surface area contributed by atoms with Gasteiger partial charge in [-0.15, -0.1) is 0 Å². The number of halogens is 1. The van der Waals surface area contributed by atoms with Gasteiger partial charge in [-0.05, 0) is 48.4 Å². The van der Waals surface area contributed by atoms with Crippen molar-refractivity contribution in [2.24, 2.45) is 0 Å². The van der Waals surface area contributed by atoms with Crippen molar-refractivity contribution in [3.05, 3.63) is 92.8 Å². The number of methoxy groups -OCH3 is 1. The Morgan fingerprint density at radius 2 is 1.78 bits per heavy atom. The van der Waals surface area contributed by atoms with Gasteiger partial charge < -0.3 is 9.47 Å². The van der Waals surface area contributed by atoms with Crippen LogP contribution in [0, 0.1) is 6.92 Å². The molecule has 1 aliphatic heterocycles. The average Bonchev–Trinajstić information content (AvgIpc) is 3.08. The number of carbonyl (C=O) groups excluding carboxylic acids is 1. The summed E-state index contributed by atoms with van der Waals surface area (Å²) in [5.74, 6) is 1.07. The maximum absolute atomic E-state index is 13.0. The maximum Gasteiger partial charge on any atom is 0.270 e. The van der Waals surface area contributed by atoms with Crippen molar-refractivity contribution < 1.29 is 14.3 Å². The molecule has 4 nitrogen and oxygen atoms in total. The summed E-state index contributed by atoms with van der Waals surface area (Å²) < 4.78 is 12.8. The van der Waals surface area contributed by atoms with E-state index < -0.39 is 0 Å². The number of carbonyl (C=O) groups is 1. The average molecular weight is 526 g/mol. The molecule has 0 radical (unpaired) electrons. The summed E-state index contributed by atoms with van der Waals surface area (Å²) in [6.07, 6.45) is 1.82. The number of hydrogen-bond acceptors (Lipinski definition) is 5. The molecule has 1 fully saturated rings. The topological polar surface area (TPSA) is 38.8 Å². The number of aryl methyl sites for hydroxylation is 1. The molecule has 1 amide bonds. The van der Waals surface area contributed by atoms with Crippen LogP contribution in [0.15, 0.2) is 76.1 Å². The van der Waals surface area contributed by atoms with E-state index in [1.807, 2.05) is 60.7 Å². The minimum atomic E-state index is -0.142. The number of benzene rings is 3. The van der Waals surface area contributed by atoms with Crippen molar-refractivity contribution in [2.45, 2.75) is 13.5 Å². The lowest BCUT2D eigenvalue weighted by atomic mass is 10.1. The molecule has 0 spiro atoms. The van der Waals surface area contributed by atoms with E-state index >= 15 is 0 Å². The summed E-state index contributed by atoms with van der Waals surface area (Å²) in [5, 5.41) is 0. The van der Waals surface area contributed by atoms with Crippen LogP contribution in [0.1, 0.15) is 16.7 Å². The smallest absolute Gasteiger partial charge is 0.270 e. The molecule has 1 saturated heterocycles. The number of rotatable bonds is 6. The van der Waals surface area contributed by atoms with Crippen LogP contribution in [-0.4, -0.2) is 17.3 Å². The molecule has 3 aromatic rings. The first kappa shape index (κ1) is 22.6. The summed E-state index contributed by atoms with van der Waals surface area (Å²) >= 11 is 10.3. The molecule has 1 aliphatic rings. The van der Waals surface area contributed by atoms with Gasteiger partial charge in [-0.2, -0.15) is 0 Å². The molecule has 162 valence electrons. The van der Waals surface area contributed by atoms with Gasteiger partial charge in [0.05, 0.1) is 17.7 Å². The van der Waals surface area contributed by atoms with Crippen LogP contribution in [0.5, 0.6) is 11.5 Å². The van der Waals surface area contributed by atoms with Gasteiger partial charge in [0.15, 0.2) is 15.8 Å².